The molecule has 0 spiro atoms. The van der Waals surface area contributed by atoms with Gasteiger partial charge < -0.3 is 14.4 Å². The minimum Gasteiger partial charge on any atom is -0.493 e. The van der Waals surface area contributed by atoms with Crippen molar-refractivity contribution in [3.05, 3.63) is 46.2 Å². The summed E-state index contributed by atoms with van der Waals surface area (Å²) >= 11 is 12.5. The zero-order valence-electron chi connectivity index (χ0n) is 14.5. The fourth-order valence-corrected chi connectivity index (χ4v) is 3.58. The molecule has 1 fully saturated rings. The Balaban J connectivity index is 1.81. The predicted molar refractivity (Wildman–Crippen MR) is 102 cm³/mol. The third-order valence-electron chi connectivity index (χ3n) is 4.53. The van der Waals surface area contributed by atoms with Crippen molar-refractivity contribution in [2.45, 2.75) is 38.3 Å². The van der Waals surface area contributed by atoms with Crippen molar-refractivity contribution >= 4 is 28.9 Å². The van der Waals surface area contributed by atoms with Gasteiger partial charge in [-0.1, -0.05) is 23.2 Å². The molecular weight excluding hydrogens is 359 g/mol. The molecule has 0 bridgehead atoms. The van der Waals surface area contributed by atoms with E-state index in [1.807, 2.05) is 25.2 Å². The van der Waals surface area contributed by atoms with Crippen molar-refractivity contribution in [3.8, 4) is 11.5 Å². The molecule has 1 saturated carbocycles. The molecule has 0 N–H and O–H groups in total. The van der Waals surface area contributed by atoms with Gasteiger partial charge in [-0.05, 0) is 37.8 Å². The minimum atomic E-state index is 0.276. The van der Waals surface area contributed by atoms with Crippen LogP contribution < -0.4 is 14.4 Å². The summed E-state index contributed by atoms with van der Waals surface area (Å²) < 4.78 is 11.6. The molecule has 4 nitrogen and oxygen atoms in total. The second-order valence-corrected chi connectivity index (χ2v) is 7.11. The molecule has 1 aromatic heterocycles. The Bertz CT molecular complexity index is 713. The van der Waals surface area contributed by atoms with Gasteiger partial charge in [0.2, 0.25) is 0 Å². The van der Waals surface area contributed by atoms with E-state index >= 15 is 0 Å². The Morgan fingerprint density at radius 3 is 2.44 bits per heavy atom. The van der Waals surface area contributed by atoms with Crippen LogP contribution in [0.15, 0.2) is 30.6 Å². The Hall–Kier alpha value is -1.65. The number of halogens is 2. The molecule has 0 amide bonds. The van der Waals surface area contributed by atoms with E-state index in [1.54, 1.807) is 19.5 Å². The van der Waals surface area contributed by atoms with Crippen LogP contribution in [0.4, 0.5) is 5.69 Å². The molecule has 134 valence electrons. The first-order valence-corrected chi connectivity index (χ1v) is 9.17. The van der Waals surface area contributed by atoms with Gasteiger partial charge >= 0.3 is 0 Å². The number of hydrogen-bond donors (Lipinski definition) is 0. The molecule has 1 aromatic carbocycles. The molecule has 0 saturated heterocycles. The van der Waals surface area contributed by atoms with E-state index in [1.165, 1.54) is 12.8 Å². The highest BCUT2D eigenvalue weighted by atomic mass is 35.5. The van der Waals surface area contributed by atoms with Crippen LogP contribution in [0.3, 0.4) is 0 Å². The standard InChI is InChI=1S/C19H22Cl2N2O2/c1-23(12-15-16(20)10-22-11-17(15)21)13-7-8-18(24-2)19(9-13)25-14-5-3-4-6-14/h7-11,14H,3-6,12H2,1-2H3. The first kappa shape index (κ1) is 18.2. The van der Waals surface area contributed by atoms with Crippen LogP contribution in [0.2, 0.25) is 10.0 Å². The lowest BCUT2D eigenvalue weighted by Crippen LogP contribution is -2.18. The second-order valence-electron chi connectivity index (χ2n) is 6.30. The van der Waals surface area contributed by atoms with Gasteiger partial charge in [0.25, 0.3) is 0 Å². The van der Waals surface area contributed by atoms with Gasteiger partial charge in [-0.15, -0.1) is 0 Å². The van der Waals surface area contributed by atoms with Crippen LogP contribution in [-0.4, -0.2) is 25.2 Å². The Kier molecular flexibility index (Phi) is 5.92. The number of pyridine rings is 1. The Morgan fingerprint density at radius 2 is 1.80 bits per heavy atom. The topological polar surface area (TPSA) is 34.6 Å². The van der Waals surface area contributed by atoms with Crippen LogP contribution in [0.5, 0.6) is 11.5 Å². The molecule has 0 aliphatic heterocycles. The highest BCUT2D eigenvalue weighted by molar-refractivity contribution is 6.35. The summed E-state index contributed by atoms with van der Waals surface area (Å²) in [5.41, 5.74) is 1.87. The zero-order chi connectivity index (χ0) is 17.8. The summed E-state index contributed by atoms with van der Waals surface area (Å²) in [5, 5.41) is 1.13. The van der Waals surface area contributed by atoms with Crippen molar-refractivity contribution in [1.82, 2.24) is 4.98 Å². The maximum Gasteiger partial charge on any atom is 0.163 e. The van der Waals surface area contributed by atoms with E-state index < -0.39 is 0 Å². The molecule has 0 radical (unpaired) electrons. The summed E-state index contributed by atoms with van der Waals surface area (Å²) in [6.45, 7) is 0.579. The fraction of sp³-hybridized carbons (Fsp3) is 0.421. The van der Waals surface area contributed by atoms with E-state index in [2.05, 4.69) is 9.88 Å². The van der Waals surface area contributed by atoms with Gasteiger partial charge in [0.1, 0.15) is 0 Å². The van der Waals surface area contributed by atoms with Crippen molar-refractivity contribution in [2.75, 3.05) is 19.1 Å². The molecule has 1 heterocycles. The molecule has 6 heteroatoms. The van der Waals surface area contributed by atoms with E-state index in [4.69, 9.17) is 32.7 Å². The first-order chi connectivity index (χ1) is 12.1. The van der Waals surface area contributed by atoms with Crippen molar-refractivity contribution in [3.63, 3.8) is 0 Å². The largest absolute Gasteiger partial charge is 0.493 e. The maximum absolute atomic E-state index is 6.24. The smallest absolute Gasteiger partial charge is 0.163 e. The Morgan fingerprint density at radius 1 is 1.12 bits per heavy atom. The minimum absolute atomic E-state index is 0.276. The van der Waals surface area contributed by atoms with Gasteiger partial charge in [-0.25, -0.2) is 0 Å². The monoisotopic (exact) mass is 380 g/mol. The van der Waals surface area contributed by atoms with Crippen molar-refractivity contribution in [1.29, 1.82) is 0 Å². The number of benzene rings is 1. The average molecular weight is 381 g/mol. The van der Waals surface area contributed by atoms with Gasteiger partial charge in [0.15, 0.2) is 11.5 Å². The molecule has 0 atom stereocenters. The normalized spacial score (nSPS) is 14.6. The van der Waals surface area contributed by atoms with Crippen LogP contribution in [0.25, 0.3) is 0 Å². The highest BCUT2D eigenvalue weighted by Crippen LogP contribution is 2.35. The number of methoxy groups -OCH3 is 1. The van der Waals surface area contributed by atoms with E-state index in [-0.39, 0.29) is 6.10 Å². The zero-order valence-corrected chi connectivity index (χ0v) is 16.0. The lowest BCUT2D eigenvalue weighted by molar-refractivity contribution is 0.201. The lowest BCUT2D eigenvalue weighted by atomic mass is 10.2. The Labute approximate surface area is 158 Å². The SMILES string of the molecule is COc1ccc(N(C)Cc2c(Cl)cncc2Cl)cc1OC1CCCC1. The quantitative estimate of drug-likeness (QED) is 0.675. The van der Waals surface area contributed by atoms with E-state index in [9.17, 15) is 0 Å². The predicted octanol–water partition coefficient (Wildman–Crippen LogP) is 5.35. The summed E-state index contributed by atoms with van der Waals surface area (Å²) in [6.07, 6.45) is 8.16. The van der Waals surface area contributed by atoms with Crippen LogP contribution in [0.1, 0.15) is 31.2 Å². The number of hydrogen-bond acceptors (Lipinski definition) is 4. The van der Waals surface area contributed by atoms with Gasteiger partial charge in [0, 0.05) is 43.3 Å². The van der Waals surface area contributed by atoms with Gasteiger partial charge in [-0.3, -0.25) is 4.98 Å². The molecule has 1 aliphatic carbocycles. The number of ether oxygens (including phenoxy) is 2. The third-order valence-corrected chi connectivity index (χ3v) is 5.18. The van der Waals surface area contributed by atoms with E-state index in [0.717, 1.165) is 35.6 Å². The average Bonchev–Trinajstić information content (AvgIpc) is 3.11. The van der Waals surface area contributed by atoms with Gasteiger partial charge in [0.05, 0.1) is 23.3 Å². The van der Waals surface area contributed by atoms with E-state index in [0.29, 0.717) is 16.6 Å². The van der Waals surface area contributed by atoms with Crippen molar-refractivity contribution < 1.29 is 9.47 Å². The molecule has 0 unspecified atom stereocenters. The molecule has 3 rings (SSSR count). The fourth-order valence-electron chi connectivity index (χ4n) is 3.10. The first-order valence-electron chi connectivity index (χ1n) is 8.42. The number of nitrogens with zero attached hydrogens (tertiary/aromatic N) is 2. The molecular formula is C19H22Cl2N2O2. The third kappa shape index (κ3) is 4.31. The summed E-state index contributed by atoms with van der Waals surface area (Å²) in [5.74, 6) is 1.54. The number of aromatic nitrogens is 1. The second kappa shape index (κ2) is 8.15. The number of anilines is 1. The van der Waals surface area contributed by atoms with Crippen LogP contribution in [0, 0.1) is 0 Å². The highest BCUT2D eigenvalue weighted by Gasteiger charge is 2.19. The van der Waals surface area contributed by atoms with Crippen LogP contribution in [-0.2, 0) is 6.54 Å². The van der Waals surface area contributed by atoms with Crippen LogP contribution >= 0.6 is 23.2 Å². The molecule has 2 aromatic rings. The molecule has 1 aliphatic rings. The summed E-state index contributed by atoms with van der Waals surface area (Å²) in [4.78, 5) is 6.08. The number of rotatable bonds is 6. The lowest BCUT2D eigenvalue weighted by Gasteiger charge is -2.23. The summed E-state index contributed by atoms with van der Waals surface area (Å²) in [6, 6.07) is 5.95. The molecule has 25 heavy (non-hydrogen) atoms. The maximum atomic E-state index is 6.24. The summed E-state index contributed by atoms with van der Waals surface area (Å²) in [7, 11) is 3.66. The van der Waals surface area contributed by atoms with Gasteiger partial charge in [-0.2, -0.15) is 0 Å². The van der Waals surface area contributed by atoms with Crippen molar-refractivity contribution in [2.24, 2.45) is 0 Å².